The monoisotopic (exact) mass is 371 g/mol. The van der Waals surface area contributed by atoms with Gasteiger partial charge in [0.1, 0.15) is 0 Å². The van der Waals surface area contributed by atoms with Crippen LogP contribution in [0.5, 0.6) is 0 Å². The lowest BCUT2D eigenvalue weighted by Crippen LogP contribution is -2.45. The van der Waals surface area contributed by atoms with Gasteiger partial charge >= 0.3 is 0 Å². The first-order valence-corrected chi connectivity index (χ1v) is 9.20. The van der Waals surface area contributed by atoms with E-state index < -0.39 is 0 Å². The van der Waals surface area contributed by atoms with E-state index >= 15 is 0 Å². The normalized spacial score (nSPS) is 19.4. The van der Waals surface area contributed by atoms with Crippen molar-refractivity contribution in [3.63, 3.8) is 0 Å². The molecule has 2 aliphatic rings. The fourth-order valence-electron chi connectivity index (χ4n) is 3.60. The molecule has 3 heterocycles. The predicted molar refractivity (Wildman–Crippen MR) is 104 cm³/mol. The van der Waals surface area contributed by atoms with Crippen LogP contribution in [0.4, 0.5) is 5.69 Å². The minimum Gasteiger partial charge on any atom is -0.379 e. The second-order valence-corrected chi connectivity index (χ2v) is 7.31. The fraction of sp³-hybridized carbons (Fsp3) is 0.350. The summed E-state index contributed by atoms with van der Waals surface area (Å²) >= 11 is 6.22. The molecule has 2 aromatic rings. The Hall–Kier alpha value is -2.08. The van der Waals surface area contributed by atoms with Gasteiger partial charge in [0.15, 0.2) is 0 Å². The summed E-state index contributed by atoms with van der Waals surface area (Å²) in [6.07, 6.45) is 1.94. The van der Waals surface area contributed by atoms with E-state index in [0.29, 0.717) is 30.5 Å². The van der Waals surface area contributed by atoms with Gasteiger partial charge in [0.2, 0.25) is 0 Å². The van der Waals surface area contributed by atoms with Gasteiger partial charge < -0.3 is 9.72 Å². The molecule has 0 unspecified atom stereocenters. The topological polar surface area (TPSA) is 48.6 Å². The first kappa shape index (κ1) is 17.3. The molecule has 6 heteroatoms. The number of halogens is 1. The highest BCUT2D eigenvalue weighted by Gasteiger charge is 2.34. The number of hydrogen-bond acceptors (Lipinski definition) is 3. The Balaban J connectivity index is 1.73. The van der Waals surface area contributed by atoms with Crippen LogP contribution in [0.1, 0.15) is 22.5 Å². The van der Waals surface area contributed by atoms with Crippen molar-refractivity contribution in [2.75, 3.05) is 37.9 Å². The van der Waals surface area contributed by atoms with Crippen LogP contribution in [0.25, 0.3) is 11.6 Å². The number of anilines is 1. The number of rotatable bonds is 3. The maximum atomic E-state index is 13.2. The van der Waals surface area contributed by atoms with Crippen LogP contribution in [0.3, 0.4) is 0 Å². The minimum absolute atomic E-state index is 0.0143. The lowest BCUT2D eigenvalue weighted by molar-refractivity contribution is -0.113. The van der Waals surface area contributed by atoms with Crippen molar-refractivity contribution in [2.45, 2.75) is 13.8 Å². The largest absolute Gasteiger partial charge is 0.379 e. The van der Waals surface area contributed by atoms with Gasteiger partial charge in [-0.15, -0.1) is 0 Å². The van der Waals surface area contributed by atoms with E-state index in [-0.39, 0.29) is 5.91 Å². The number of fused-ring (bicyclic) bond motifs is 1. The molecule has 5 nitrogen and oxygen atoms in total. The van der Waals surface area contributed by atoms with Gasteiger partial charge in [-0.2, -0.15) is 0 Å². The molecular weight excluding hydrogens is 350 g/mol. The highest BCUT2D eigenvalue weighted by Crippen LogP contribution is 2.39. The van der Waals surface area contributed by atoms with Gasteiger partial charge in [-0.05, 0) is 49.8 Å². The van der Waals surface area contributed by atoms with E-state index in [0.717, 1.165) is 41.3 Å². The quantitative estimate of drug-likeness (QED) is 0.840. The molecule has 1 fully saturated rings. The van der Waals surface area contributed by atoms with E-state index in [1.807, 2.05) is 43.0 Å². The van der Waals surface area contributed by atoms with Gasteiger partial charge in [-0.1, -0.05) is 11.6 Å². The molecule has 1 saturated heterocycles. The van der Waals surface area contributed by atoms with Crippen molar-refractivity contribution >= 4 is 34.8 Å². The molecule has 1 aromatic heterocycles. The molecule has 0 aliphatic carbocycles. The SMILES string of the molecule is Cc1cc(C)c(/C=C2/C(=O)N(CN3CCOCC3)c3ccc(Cl)cc32)[nH]1. The number of amides is 1. The summed E-state index contributed by atoms with van der Waals surface area (Å²) in [7, 11) is 0. The van der Waals surface area contributed by atoms with Gasteiger partial charge in [0, 0.05) is 35.1 Å². The van der Waals surface area contributed by atoms with Gasteiger partial charge in [0.05, 0.1) is 31.1 Å². The standard InChI is InChI=1S/C20H22ClN3O2/c1-13-9-14(2)22-18(13)11-17-16-10-15(21)3-4-19(16)24(20(17)25)12-23-5-7-26-8-6-23/h3-4,9-11,22H,5-8,12H2,1-2H3/b17-11+. The van der Waals surface area contributed by atoms with E-state index in [9.17, 15) is 4.79 Å². The molecule has 1 aromatic carbocycles. The minimum atomic E-state index is 0.0143. The molecule has 4 rings (SSSR count). The third-order valence-corrected chi connectivity index (χ3v) is 5.17. The van der Waals surface area contributed by atoms with E-state index in [1.165, 1.54) is 0 Å². The number of H-pyrrole nitrogens is 1. The number of ether oxygens (including phenoxy) is 1. The number of aryl methyl sites for hydroxylation is 2. The van der Waals surface area contributed by atoms with Gasteiger partial charge in [-0.25, -0.2) is 0 Å². The van der Waals surface area contributed by atoms with Crippen molar-refractivity contribution in [2.24, 2.45) is 0 Å². The number of carbonyl (C=O) groups is 1. The molecule has 0 bridgehead atoms. The van der Waals surface area contributed by atoms with Crippen LogP contribution in [-0.4, -0.2) is 48.8 Å². The third-order valence-electron chi connectivity index (χ3n) is 4.94. The summed E-state index contributed by atoms with van der Waals surface area (Å²) in [5, 5.41) is 0.634. The first-order chi connectivity index (χ1) is 12.5. The highest BCUT2D eigenvalue weighted by molar-refractivity contribution is 6.37. The lowest BCUT2D eigenvalue weighted by Gasteiger charge is -2.30. The number of aromatic amines is 1. The Morgan fingerprint density at radius 1 is 1.23 bits per heavy atom. The molecule has 0 spiro atoms. The highest BCUT2D eigenvalue weighted by atomic mass is 35.5. The average Bonchev–Trinajstić information content (AvgIpc) is 3.07. The number of benzene rings is 1. The van der Waals surface area contributed by atoms with Crippen LogP contribution in [-0.2, 0) is 9.53 Å². The van der Waals surface area contributed by atoms with E-state index in [1.54, 1.807) is 0 Å². The van der Waals surface area contributed by atoms with Crippen LogP contribution < -0.4 is 4.90 Å². The summed E-state index contributed by atoms with van der Waals surface area (Å²) < 4.78 is 5.41. The molecule has 0 atom stereocenters. The first-order valence-electron chi connectivity index (χ1n) is 8.83. The Morgan fingerprint density at radius 2 is 2.00 bits per heavy atom. The summed E-state index contributed by atoms with van der Waals surface area (Å²) in [6.45, 7) is 7.71. The summed E-state index contributed by atoms with van der Waals surface area (Å²) in [6, 6.07) is 7.73. The maximum absolute atomic E-state index is 13.2. The number of morpholine rings is 1. The second kappa shape index (κ2) is 6.91. The smallest absolute Gasteiger partial charge is 0.260 e. The third kappa shape index (κ3) is 3.18. The van der Waals surface area contributed by atoms with Crippen LogP contribution in [0.15, 0.2) is 24.3 Å². The molecule has 26 heavy (non-hydrogen) atoms. The molecule has 0 radical (unpaired) electrons. The lowest BCUT2D eigenvalue weighted by atomic mass is 10.1. The van der Waals surface area contributed by atoms with E-state index in [4.69, 9.17) is 16.3 Å². The van der Waals surface area contributed by atoms with Crippen LogP contribution in [0, 0.1) is 13.8 Å². The molecule has 2 aliphatic heterocycles. The Morgan fingerprint density at radius 3 is 2.69 bits per heavy atom. The van der Waals surface area contributed by atoms with Crippen molar-refractivity contribution in [1.82, 2.24) is 9.88 Å². The number of carbonyl (C=O) groups excluding carboxylic acids is 1. The maximum Gasteiger partial charge on any atom is 0.260 e. The fourth-order valence-corrected chi connectivity index (χ4v) is 3.77. The van der Waals surface area contributed by atoms with Crippen molar-refractivity contribution in [3.8, 4) is 0 Å². The zero-order valence-electron chi connectivity index (χ0n) is 15.0. The Labute approximate surface area is 158 Å². The summed E-state index contributed by atoms with van der Waals surface area (Å²) in [4.78, 5) is 20.6. The molecule has 1 N–H and O–H groups in total. The predicted octanol–water partition coefficient (Wildman–Crippen LogP) is 3.46. The second-order valence-electron chi connectivity index (χ2n) is 6.87. The molecule has 0 saturated carbocycles. The zero-order valence-corrected chi connectivity index (χ0v) is 15.8. The van der Waals surface area contributed by atoms with Crippen LogP contribution >= 0.6 is 11.6 Å². The van der Waals surface area contributed by atoms with Gasteiger partial charge in [0.25, 0.3) is 5.91 Å². The summed E-state index contributed by atoms with van der Waals surface area (Å²) in [5.41, 5.74) is 5.65. The van der Waals surface area contributed by atoms with Gasteiger partial charge in [-0.3, -0.25) is 14.6 Å². The van der Waals surface area contributed by atoms with Crippen molar-refractivity contribution < 1.29 is 9.53 Å². The Bertz CT molecular complexity index is 881. The van der Waals surface area contributed by atoms with Crippen molar-refractivity contribution in [3.05, 3.63) is 51.8 Å². The number of aromatic nitrogens is 1. The zero-order chi connectivity index (χ0) is 18.3. The van der Waals surface area contributed by atoms with Crippen LogP contribution in [0.2, 0.25) is 5.02 Å². The number of nitrogens with one attached hydrogen (secondary N) is 1. The average molecular weight is 372 g/mol. The van der Waals surface area contributed by atoms with Crippen molar-refractivity contribution in [1.29, 1.82) is 0 Å². The molecule has 136 valence electrons. The molecular formula is C20H22ClN3O2. The summed E-state index contributed by atoms with van der Waals surface area (Å²) in [5.74, 6) is 0.0143. The molecule has 1 amide bonds. The number of nitrogens with zero attached hydrogens (tertiary/aromatic N) is 2. The van der Waals surface area contributed by atoms with E-state index in [2.05, 4.69) is 16.0 Å². The Kier molecular flexibility index (Phi) is 4.61. The number of hydrogen-bond donors (Lipinski definition) is 1.